The van der Waals surface area contributed by atoms with Gasteiger partial charge >= 0.3 is 5.97 Å². The number of alkyl halides is 1. The summed E-state index contributed by atoms with van der Waals surface area (Å²) in [6.45, 7) is 5.68. The number of halogens is 1. The Morgan fingerprint density at radius 2 is 2.00 bits per heavy atom. The van der Waals surface area contributed by atoms with Crippen molar-refractivity contribution in [3.05, 3.63) is 0 Å². The summed E-state index contributed by atoms with van der Waals surface area (Å²) in [7, 11) is 0. The number of hydrogen-bond acceptors (Lipinski definition) is 2. The second-order valence-electron chi connectivity index (χ2n) is 4.37. The number of rotatable bonds is 9. The summed E-state index contributed by atoms with van der Waals surface area (Å²) in [6, 6.07) is 0. The van der Waals surface area contributed by atoms with E-state index in [0.717, 1.165) is 18.6 Å². The first kappa shape index (κ1) is 15.8. The van der Waals surface area contributed by atoms with Crippen molar-refractivity contribution < 1.29 is 14.3 Å². The van der Waals surface area contributed by atoms with Crippen molar-refractivity contribution in [1.29, 1.82) is 0 Å². The highest BCUT2D eigenvalue weighted by molar-refractivity contribution is 8.00. The van der Waals surface area contributed by atoms with Gasteiger partial charge in [-0.2, -0.15) is 0 Å². The number of carbonyl (C=O) groups is 1. The predicted octanol–water partition coefficient (Wildman–Crippen LogP) is 3.75. The molecule has 0 aliphatic heterocycles. The molecule has 0 bridgehead atoms. The molecule has 4 heteroatoms. The third kappa shape index (κ3) is 7.09. The van der Waals surface area contributed by atoms with Gasteiger partial charge in [0.1, 0.15) is 5.25 Å². The molecule has 0 aliphatic carbocycles. The number of thioether (sulfide) groups is 1. The molecule has 0 saturated carbocycles. The molecule has 2 nitrogen and oxygen atoms in total. The molecule has 0 aromatic carbocycles. The molecule has 0 spiro atoms. The molecule has 0 aliphatic rings. The molecule has 0 heterocycles. The van der Waals surface area contributed by atoms with E-state index in [1.165, 1.54) is 11.8 Å². The number of carboxylic acids is 1. The van der Waals surface area contributed by atoms with E-state index in [0.29, 0.717) is 12.8 Å². The van der Waals surface area contributed by atoms with E-state index < -0.39 is 12.1 Å². The molecular weight excluding hydrogens is 227 g/mol. The Kier molecular flexibility index (Phi) is 8.71. The lowest BCUT2D eigenvalue weighted by Crippen LogP contribution is -2.22. The number of unbranched alkanes of at least 4 members (excludes halogenated alkanes) is 1. The summed E-state index contributed by atoms with van der Waals surface area (Å²) >= 11 is 1.48. The Morgan fingerprint density at radius 1 is 1.38 bits per heavy atom. The van der Waals surface area contributed by atoms with Crippen molar-refractivity contribution in [2.45, 2.75) is 57.9 Å². The topological polar surface area (TPSA) is 37.3 Å². The number of aliphatic carboxylic acids is 1. The molecule has 0 radical (unpaired) electrons. The third-order valence-corrected chi connectivity index (χ3v) is 4.13. The summed E-state index contributed by atoms with van der Waals surface area (Å²) in [4.78, 5) is 10.9. The van der Waals surface area contributed by atoms with Gasteiger partial charge in [-0.15, -0.1) is 11.8 Å². The van der Waals surface area contributed by atoms with Gasteiger partial charge in [-0.25, -0.2) is 4.39 Å². The first-order chi connectivity index (χ1) is 7.49. The van der Waals surface area contributed by atoms with E-state index in [2.05, 4.69) is 0 Å². The quantitative estimate of drug-likeness (QED) is 0.633. The third-order valence-electron chi connectivity index (χ3n) is 2.50. The molecule has 2 atom stereocenters. The van der Waals surface area contributed by atoms with Crippen molar-refractivity contribution in [1.82, 2.24) is 0 Å². The van der Waals surface area contributed by atoms with Crippen LogP contribution in [0.2, 0.25) is 0 Å². The molecule has 0 rings (SSSR count). The Hall–Kier alpha value is -0.250. The maximum Gasteiger partial charge on any atom is 0.316 e. The molecule has 96 valence electrons. The highest BCUT2D eigenvalue weighted by Gasteiger charge is 2.21. The zero-order chi connectivity index (χ0) is 12.6. The average molecular weight is 250 g/mol. The summed E-state index contributed by atoms with van der Waals surface area (Å²) in [6.07, 6.45) is 2.26. The van der Waals surface area contributed by atoms with Crippen molar-refractivity contribution in [3.63, 3.8) is 0 Å². The minimum Gasteiger partial charge on any atom is -0.480 e. The van der Waals surface area contributed by atoms with Gasteiger partial charge in [0.25, 0.3) is 0 Å². The van der Waals surface area contributed by atoms with E-state index >= 15 is 0 Å². The predicted molar refractivity (Wildman–Crippen MR) is 67.8 cm³/mol. The molecular formula is C12H23FO2S. The molecule has 0 aromatic heterocycles. The number of hydrogen-bond donors (Lipinski definition) is 1. The first-order valence-electron chi connectivity index (χ1n) is 5.97. The molecule has 0 amide bonds. The molecule has 16 heavy (non-hydrogen) atoms. The van der Waals surface area contributed by atoms with Crippen LogP contribution in [0.1, 0.15) is 46.5 Å². The summed E-state index contributed by atoms with van der Waals surface area (Å²) in [5.41, 5.74) is 0. The zero-order valence-electron chi connectivity index (χ0n) is 10.4. The fourth-order valence-corrected chi connectivity index (χ4v) is 2.58. The van der Waals surface area contributed by atoms with Crippen LogP contribution in [-0.4, -0.2) is 28.3 Å². The van der Waals surface area contributed by atoms with Crippen molar-refractivity contribution in [2.24, 2.45) is 5.92 Å². The highest BCUT2D eigenvalue weighted by atomic mass is 32.2. The van der Waals surface area contributed by atoms with Gasteiger partial charge in [-0.05, 0) is 37.4 Å². The molecule has 0 aromatic rings. The maximum atomic E-state index is 12.9. The SMILES string of the molecule is CCC(F)CCCCSC(C(=O)O)C(C)C. The van der Waals surface area contributed by atoms with Gasteiger partial charge < -0.3 is 5.11 Å². The van der Waals surface area contributed by atoms with Crippen LogP contribution in [0.5, 0.6) is 0 Å². The standard InChI is InChI=1S/C12H23FO2S/c1-4-10(13)7-5-6-8-16-11(9(2)3)12(14)15/h9-11H,4-8H2,1-3H3,(H,14,15). The van der Waals surface area contributed by atoms with Crippen LogP contribution < -0.4 is 0 Å². The minimum absolute atomic E-state index is 0.145. The van der Waals surface area contributed by atoms with E-state index in [1.807, 2.05) is 20.8 Å². The van der Waals surface area contributed by atoms with Crippen LogP contribution in [0.4, 0.5) is 4.39 Å². The molecule has 1 N–H and O–H groups in total. The lowest BCUT2D eigenvalue weighted by Gasteiger charge is -2.15. The number of carboxylic acid groups (broad SMARTS) is 1. The average Bonchev–Trinajstić information content (AvgIpc) is 2.21. The van der Waals surface area contributed by atoms with Crippen molar-refractivity contribution in [3.8, 4) is 0 Å². The first-order valence-corrected chi connectivity index (χ1v) is 7.02. The monoisotopic (exact) mass is 250 g/mol. The Balaban J connectivity index is 3.59. The van der Waals surface area contributed by atoms with Crippen molar-refractivity contribution >= 4 is 17.7 Å². The van der Waals surface area contributed by atoms with Crippen LogP contribution in [0.15, 0.2) is 0 Å². The van der Waals surface area contributed by atoms with Crippen molar-refractivity contribution in [2.75, 3.05) is 5.75 Å². The molecule has 0 fully saturated rings. The maximum absolute atomic E-state index is 12.9. The highest BCUT2D eigenvalue weighted by Crippen LogP contribution is 2.21. The summed E-state index contributed by atoms with van der Waals surface area (Å²) in [5, 5.41) is 8.62. The van der Waals surface area contributed by atoms with Gasteiger partial charge in [-0.1, -0.05) is 20.8 Å². The second-order valence-corrected chi connectivity index (χ2v) is 5.62. The van der Waals surface area contributed by atoms with Crippen LogP contribution in [0.3, 0.4) is 0 Å². The largest absolute Gasteiger partial charge is 0.480 e. The lowest BCUT2D eigenvalue weighted by atomic mass is 10.1. The Labute approximate surface area is 102 Å². The normalized spacial score (nSPS) is 15.1. The van der Waals surface area contributed by atoms with Gasteiger partial charge in [0, 0.05) is 0 Å². The van der Waals surface area contributed by atoms with E-state index in [1.54, 1.807) is 0 Å². The lowest BCUT2D eigenvalue weighted by molar-refractivity contribution is -0.137. The van der Waals surface area contributed by atoms with E-state index in [4.69, 9.17) is 5.11 Å². The van der Waals surface area contributed by atoms with Crippen LogP contribution >= 0.6 is 11.8 Å². The van der Waals surface area contributed by atoms with Gasteiger partial charge in [0.15, 0.2) is 0 Å². The van der Waals surface area contributed by atoms with E-state index in [-0.39, 0.29) is 11.2 Å². The van der Waals surface area contributed by atoms with Crippen LogP contribution in [-0.2, 0) is 4.79 Å². The van der Waals surface area contributed by atoms with Crippen LogP contribution in [0.25, 0.3) is 0 Å². The second kappa shape index (κ2) is 8.85. The fourth-order valence-electron chi connectivity index (χ4n) is 1.43. The molecule has 2 unspecified atom stereocenters. The Bertz CT molecular complexity index is 197. The van der Waals surface area contributed by atoms with E-state index in [9.17, 15) is 9.18 Å². The van der Waals surface area contributed by atoms with Gasteiger partial charge in [0.05, 0.1) is 6.17 Å². The fraction of sp³-hybridized carbons (Fsp3) is 0.917. The molecule has 0 saturated heterocycles. The Morgan fingerprint density at radius 3 is 2.44 bits per heavy atom. The summed E-state index contributed by atoms with van der Waals surface area (Å²) in [5.74, 6) is 0.218. The summed E-state index contributed by atoms with van der Waals surface area (Å²) < 4.78 is 12.9. The minimum atomic E-state index is -0.739. The van der Waals surface area contributed by atoms with Gasteiger partial charge in [-0.3, -0.25) is 4.79 Å². The smallest absolute Gasteiger partial charge is 0.316 e. The zero-order valence-corrected chi connectivity index (χ0v) is 11.2. The van der Waals surface area contributed by atoms with Crippen LogP contribution in [0, 0.1) is 5.92 Å². The van der Waals surface area contributed by atoms with Gasteiger partial charge in [0.2, 0.25) is 0 Å².